The second kappa shape index (κ2) is 26.5. The average molecular weight is 1510 g/mol. The molecule has 20 rings (SSSR count). The molecule has 0 fully saturated rings. The first-order valence-corrected chi connectivity index (χ1v) is 37.1. The number of aromatic nitrogens is 10. The van der Waals surface area contributed by atoms with Gasteiger partial charge < -0.3 is 16.0 Å². The van der Waals surface area contributed by atoms with Crippen molar-refractivity contribution in [1.29, 1.82) is 0 Å². The van der Waals surface area contributed by atoms with Gasteiger partial charge in [0.05, 0.1) is 81.1 Å². The fourth-order valence-corrected chi connectivity index (χ4v) is 18.1. The van der Waals surface area contributed by atoms with Gasteiger partial charge in [0.1, 0.15) is 5.69 Å². The van der Waals surface area contributed by atoms with Gasteiger partial charge in [0.2, 0.25) is 5.78 Å². The normalized spacial score (nSPS) is 12.4. The highest BCUT2D eigenvalue weighted by molar-refractivity contribution is 7.13. The summed E-state index contributed by atoms with van der Waals surface area (Å²) in [6.07, 6.45) is 3.75. The van der Waals surface area contributed by atoms with Gasteiger partial charge in [0, 0.05) is 122 Å². The summed E-state index contributed by atoms with van der Waals surface area (Å²) < 4.78 is 0. The first kappa shape index (κ1) is 63.5. The molecule has 5 aliphatic rings. The number of anilines is 6. The number of fused-ring (bicyclic) bond motifs is 15. The Morgan fingerprint density at radius 2 is 0.918 bits per heavy atom. The number of nitrogens with one attached hydrogen (secondary N) is 8. The van der Waals surface area contributed by atoms with Gasteiger partial charge in [-0.05, 0) is 130 Å². The Labute approximate surface area is 609 Å². The molecular formula is C71H46Cl7N13OS5. The lowest BCUT2D eigenvalue weighted by Gasteiger charge is -2.07. The molecule has 0 aliphatic heterocycles. The third-order valence-corrected chi connectivity index (χ3v) is 24.0. The van der Waals surface area contributed by atoms with Gasteiger partial charge in [-0.15, -0.1) is 56.7 Å². The molecule has 0 spiro atoms. The first-order valence-electron chi connectivity index (χ1n) is 30.0. The van der Waals surface area contributed by atoms with E-state index in [1.54, 1.807) is 70.4 Å². The Kier molecular flexibility index (Phi) is 17.4. The summed E-state index contributed by atoms with van der Waals surface area (Å²) in [5, 5.41) is 61.5. The van der Waals surface area contributed by atoms with Crippen LogP contribution >= 0.6 is 138 Å². The lowest BCUT2D eigenvalue weighted by Crippen LogP contribution is -1.95. The number of aryl methyl sites for hydroxylation is 1. The van der Waals surface area contributed by atoms with Crippen molar-refractivity contribution >= 4 is 178 Å². The molecule has 0 bridgehead atoms. The van der Waals surface area contributed by atoms with Crippen LogP contribution in [0.2, 0.25) is 35.2 Å². The predicted molar refractivity (Wildman–Crippen MR) is 404 cm³/mol. The maximum absolute atomic E-state index is 12.4. The number of rotatable bonds is 8. The largest absolute Gasteiger partial charge is 0.338 e. The van der Waals surface area contributed by atoms with Crippen molar-refractivity contribution in [3.63, 3.8) is 0 Å². The lowest BCUT2D eigenvalue weighted by molar-refractivity contribution is 0.104. The molecular weight excluding hydrogens is 1460 g/mol. The van der Waals surface area contributed by atoms with E-state index < -0.39 is 0 Å². The second-order valence-corrected chi connectivity index (χ2v) is 30.6. The highest BCUT2D eigenvalue weighted by Crippen LogP contribution is 2.48. The summed E-state index contributed by atoms with van der Waals surface area (Å²) in [6, 6.07) is 42.7. The van der Waals surface area contributed by atoms with Crippen LogP contribution in [-0.4, -0.2) is 56.8 Å². The molecule has 0 amide bonds. The molecule has 10 aromatic heterocycles. The minimum atomic E-state index is 0.0451. The van der Waals surface area contributed by atoms with Gasteiger partial charge in [-0.3, -0.25) is 30.3 Å². The lowest BCUT2D eigenvalue weighted by atomic mass is 10.0. The van der Waals surface area contributed by atoms with Crippen LogP contribution in [0.4, 0.5) is 34.5 Å². The minimum absolute atomic E-state index is 0.0451. The molecule has 0 radical (unpaired) electrons. The second-order valence-electron chi connectivity index (χ2n) is 22.8. The van der Waals surface area contributed by atoms with Crippen LogP contribution in [-0.2, 0) is 25.7 Å². The molecule has 0 saturated carbocycles. The summed E-state index contributed by atoms with van der Waals surface area (Å²) in [6.45, 7) is 2.15. The number of H-pyrrole nitrogens is 5. The molecule has 14 nitrogen and oxygen atoms in total. The molecule has 0 saturated heterocycles. The van der Waals surface area contributed by atoms with E-state index in [4.69, 9.17) is 81.2 Å². The number of carbonyl (C=O) groups is 1. The molecule has 8 N–H and O–H groups in total. The third-order valence-electron chi connectivity index (χ3n) is 17.1. The molecule has 15 aromatic rings. The summed E-state index contributed by atoms with van der Waals surface area (Å²) in [5.74, 6) is 2.53. The summed E-state index contributed by atoms with van der Waals surface area (Å²) in [5.41, 5.74) is 24.6. The molecule has 26 heteroatoms. The SMILES string of the molecule is Cc1ccccc1-c1[nH]nc2c1Cc1sccc1-2.Clc1ccc(Nc2n[nH]c3c2Cc2sccc2-3)c(Cl)c1.Clc1ccc(Nc2n[nH]c3c2Cc2sccc2-3)cc1Cl.Clc1cccc(Nc2n[nH]c3c2Cc2sccc2-3)c1Cl.O=C1c2sccc2-c2[nH]nc(-c3cccc(Cl)c3)c21. The number of ketones is 1. The van der Waals surface area contributed by atoms with Gasteiger partial charge in [-0.2, -0.15) is 25.5 Å². The van der Waals surface area contributed by atoms with Gasteiger partial charge in [-0.1, -0.05) is 124 Å². The van der Waals surface area contributed by atoms with E-state index in [2.05, 4.69) is 144 Å². The third kappa shape index (κ3) is 12.0. The van der Waals surface area contributed by atoms with Crippen LogP contribution < -0.4 is 16.0 Å². The van der Waals surface area contributed by atoms with Crippen molar-refractivity contribution in [3.8, 4) is 78.8 Å². The predicted octanol–water partition coefficient (Wildman–Crippen LogP) is 23.3. The number of hydrogen-bond donors (Lipinski definition) is 8. The summed E-state index contributed by atoms with van der Waals surface area (Å²) >= 11 is 50.9. The van der Waals surface area contributed by atoms with Crippen LogP contribution in [0.5, 0.6) is 0 Å². The zero-order valence-corrected chi connectivity index (χ0v) is 59.6. The molecule has 10 heterocycles. The van der Waals surface area contributed by atoms with Crippen molar-refractivity contribution in [3.05, 3.63) is 253 Å². The maximum Gasteiger partial charge on any atom is 0.208 e. The van der Waals surface area contributed by atoms with Gasteiger partial charge in [0.15, 0.2) is 17.5 Å². The Hall–Kier alpha value is -8.25. The molecule has 97 heavy (non-hydrogen) atoms. The van der Waals surface area contributed by atoms with Gasteiger partial charge >= 0.3 is 0 Å². The van der Waals surface area contributed by atoms with E-state index in [-0.39, 0.29) is 5.78 Å². The van der Waals surface area contributed by atoms with Crippen LogP contribution in [0, 0.1) is 6.92 Å². The van der Waals surface area contributed by atoms with Crippen LogP contribution in [0.3, 0.4) is 0 Å². The number of carbonyl (C=O) groups excluding carboxylic acids is 1. The van der Waals surface area contributed by atoms with Crippen LogP contribution in [0.25, 0.3) is 78.8 Å². The van der Waals surface area contributed by atoms with E-state index in [0.717, 1.165) is 105 Å². The fourth-order valence-electron chi connectivity index (χ4n) is 12.4. The Balaban J connectivity index is 0.0000000951. The number of halogens is 7. The summed E-state index contributed by atoms with van der Waals surface area (Å²) in [4.78, 5) is 18.8. The van der Waals surface area contributed by atoms with E-state index in [1.807, 2.05) is 65.2 Å². The van der Waals surface area contributed by atoms with E-state index in [0.29, 0.717) is 46.4 Å². The van der Waals surface area contributed by atoms with Crippen LogP contribution in [0.1, 0.15) is 62.6 Å². The zero-order valence-electron chi connectivity index (χ0n) is 50.2. The minimum Gasteiger partial charge on any atom is -0.338 e. The fraction of sp³-hybridized carbons (Fsp3) is 0.0704. The maximum atomic E-state index is 12.4. The molecule has 480 valence electrons. The van der Waals surface area contributed by atoms with E-state index >= 15 is 0 Å². The molecule has 0 unspecified atom stereocenters. The number of benzene rings is 5. The van der Waals surface area contributed by atoms with Crippen molar-refractivity contribution in [2.24, 2.45) is 0 Å². The zero-order chi connectivity index (χ0) is 66.2. The van der Waals surface area contributed by atoms with E-state index in [1.165, 1.54) is 92.2 Å². The molecule has 5 aromatic carbocycles. The Bertz CT molecular complexity index is 5540. The molecule has 0 atom stereocenters. The number of hydrogen-bond acceptors (Lipinski definition) is 14. The average Bonchev–Trinajstić information content (AvgIpc) is 1.61. The van der Waals surface area contributed by atoms with Crippen LogP contribution in [0.15, 0.2) is 160 Å². The smallest absolute Gasteiger partial charge is 0.208 e. The number of thiophene rings is 5. The van der Waals surface area contributed by atoms with Crippen molar-refractivity contribution in [2.45, 2.75) is 32.6 Å². The standard InChI is InChI=1S/C15H12N2S.3C14H9Cl2N3S.C14H7ClN2OS/c1-9-4-2-3-5-10(9)14-12-8-13-11(6-7-18-13)15(12)17-16-14;15-7-1-2-11(10(16)5-7)17-14-9-6-12-8(3-4-20-12)13(9)18-19-14;15-10-2-1-7(5-11(10)16)17-14-9-6-12-8(3-4-20-12)13(9)18-19-14;15-9-2-1-3-10(12(9)16)17-14-8-6-11-7(4-5-20-11)13(8)18-19-14;15-8-3-1-2-7(6-8)11-10-12(17-16-11)9-4-5-19-14(9)13(10)18/h2-7H,8H2,1H3,(H,16,17);3*1-5H,6H2,(H2,17,18,19);1-6H,(H,16,17). The monoisotopic (exact) mass is 1500 g/mol. The Morgan fingerprint density at radius 3 is 1.55 bits per heavy atom. The van der Waals surface area contributed by atoms with Gasteiger partial charge in [-0.25, -0.2) is 0 Å². The quantitative estimate of drug-likeness (QED) is 0.0730. The van der Waals surface area contributed by atoms with Crippen molar-refractivity contribution in [1.82, 2.24) is 51.0 Å². The van der Waals surface area contributed by atoms with E-state index in [9.17, 15) is 4.79 Å². The summed E-state index contributed by atoms with van der Waals surface area (Å²) in [7, 11) is 0. The van der Waals surface area contributed by atoms with Crippen molar-refractivity contribution in [2.75, 3.05) is 16.0 Å². The topological polar surface area (TPSA) is 197 Å². The van der Waals surface area contributed by atoms with Gasteiger partial charge in [0.25, 0.3) is 0 Å². The highest BCUT2D eigenvalue weighted by atomic mass is 35.5. The van der Waals surface area contributed by atoms with Crippen molar-refractivity contribution < 1.29 is 4.79 Å². The number of aromatic amines is 5. The first-order chi connectivity index (χ1) is 47.3. The number of nitrogens with zero attached hydrogens (tertiary/aromatic N) is 5. The highest BCUT2D eigenvalue weighted by Gasteiger charge is 2.35. The molecule has 5 aliphatic carbocycles. The Morgan fingerprint density at radius 1 is 0.392 bits per heavy atom.